The Hall–Kier alpha value is -1.81. The number of rotatable bonds is 2. The van der Waals surface area contributed by atoms with Crippen LogP contribution in [0, 0.1) is 0 Å². The Balaban J connectivity index is 2.11. The quantitative estimate of drug-likeness (QED) is 0.699. The lowest BCUT2D eigenvalue weighted by atomic mass is 10.3. The summed E-state index contributed by atoms with van der Waals surface area (Å²) in [6.45, 7) is 2.07. The van der Waals surface area contributed by atoms with Gasteiger partial charge >= 0.3 is 0 Å². The lowest BCUT2D eigenvalue weighted by Gasteiger charge is -1.89. The molecule has 2 heterocycles. The van der Waals surface area contributed by atoms with Gasteiger partial charge in [0.1, 0.15) is 5.76 Å². The number of hydrogen-bond acceptors (Lipinski definition) is 4. The Morgan fingerprint density at radius 2 is 2.18 bits per heavy atom. The summed E-state index contributed by atoms with van der Waals surface area (Å²) in [5, 5.41) is 0.908. The molecule has 0 aliphatic rings. The van der Waals surface area contributed by atoms with Gasteiger partial charge in [-0.05, 0) is 30.3 Å². The van der Waals surface area contributed by atoms with Crippen molar-refractivity contribution in [2.75, 3.05) is 5.73 Å². The van der Waals surface area contributed by atoms with E-state index in [1.54, 1.807) is 11.3 Å². The molecule has 0 radical (unpaired) electrons. The van der Waals surface area contributed by atoms with Crippen molar-refractivity contribution in [3.63, 3.8) is 0 Å². The van der Waals surface area contributed by atoms with Crippen molar-refractivity contribution in [3.05, 3.63) is 36.1 Å². The number of anilines is 1. The highest BCUT2D eigenvalue weighted by Gasteiger charge is 2.10. The Bertz CT molecular complexity index is 669. The van der Waals surface area contributed by atoms with Crippen LogP contribution in [0.5, 0.6) is 0 Å². The summed E-state index contributed by atoms with van der Waals surface area (Å²) < 4.78 is 6.79. The average molecular weight is 244 g/mol. The molecule has 1 aromatic carbocycles. The number of benzene rings is 1. The van der Waals surface area contributed by atoms with Crippen molar-refractivity contribution in [2.45, 2.75) is 13.3 Å². The molecular formula is C13H12N2OS. The number of furan rings is 1. The zero-order valence-electron chi connectivity index (χ0n) is 9.43. The van der Waals surface area contributed by atoms with Crippen molar-refractivity contribution in [3.8, 4) is 10.8 Å². The first-order chi connectivity index (χ1) is 8.26. The molecule has 0 saturated heterocycles. The van der Waals surface area contributed by atoms with E-state index in [0.29, 0.717) is 0 Å². The number of hydrogen-bond donors (Lipinski definition) is 1. The van der Waals surface area contributed by atoms with Crippen molar-refractivity contribution in [2.24, 2.45) is 0 Å². The number of nitrogen functional groups attached to an aromatic ring is 1. The highest BCUT2D eigenvalue weighted by atomic mass is 32.1. The van der Waals surface area contributed by atoms with E-state index in [9.17, 15) is 0 Å². The summed E-state index contributed by atoms with van der Waals surface area (Å²) in [5.41, 5.74) is 7.48. The van der Waals surface area contributed by atoms with Crippen LogP contribution < -0.4 is 5.73 Å². The summed E-state index contributed by atoms with van der Waals surface area (Å²) >= 11 is 1.60. The fourth-order valence-corrected chi connectivity index (χ4v) is 2.71. The molecule has 0 atom stereocenters. The Morgan fingerprint density at radius 1 is 1.29 bits per heavy atom. The lowest BCUT2D eigenvalue weighted by Crippen LogP contribution is -1.81. The molecule has 17 heavy (non-hydrogen) atoms. The second kappa shape index (κ2) is 3.89. The first-order valence-corrected chi connectivity index (χ1v) is 6.33. The molecule has 3 aromatic rings. The van der Waals surface area contributed by atoms with Crippen LogP contribution in [0.25, 0.3) is 21.0 Å². The minimum Gasteiger partial charge on any atom is -0.459 e. The standard InChI is InChI=1S/C13H12N2OS/c1-2-9-4-6-11(16-9)13-15-10-5-3-8(14)7-12(10)17-13/h3-7H,2,14H2,1H3. The predicted octanol–water partition coefficient (Wildman–Crippen LogP) is 3.70. The predicted molar refractivity (Wildman–Crippen MR) is 71.1 cm³/mol. The molecule has 2 aromatic heterocycles. The van der Waals surface area contributed by atoms with Gasteiger partial charge in [0.05, 0.1) is 10.2 Å². The van der Waals surface area contributed by atoms with Crippen molar-refractivity contribution < 1.29 is 4.42 Å². The van der Waals surface area contributed by atoms with Gasteiger partial charge in [-0.1, -0.05) is 6.92 Å². The fraction of sp³-hybridized carbons (Fsp3) is 0.154. The molecular weight excluding hydrogens is 232 g/mol. The van der Waals surface area contributed by atoms with Crippen LogP contribution in [-0.4, -0.2) is 4.98 Å². The molecule has 0 bridgehead atoms. The first-order valence-electron chi connectivity index (χ1n) is 5.51. The normalized spacial score (nSPS) is 11.1. The van der Waals surface area contributed by atoms with Gasteiger partial charge in [0.2, 0.25) is 0 Å². The summed E-state index contributed by atoms with van der Waals surface area (Å²) in [6.07, 6.45) is 0.901. The molecule has 0 unspecified atom stereocenters. The van der Waals surface area contributed by atoms with Gasteiger partial charge in [0.25, 0.3) is 0 Å². The minimum absolute atomic E-state index is 0.765. The maximum absolute atomic E-state index is 5.75. The van der Waals surface area contributed by atoms with E-state index in [4.69, 9.17) is 10.2 Å². The molecule has 3 nitrogen and oxygen atoms in total. The van der Waals surface area contributed by atoms with E-state index >= 15 is 0 Å². The molecule has 3 rings (SSSR count). The second-order valence-corrected chi connectivity index (χ2v) is 4.90. The third-order valence-electron chi connectivity index (χ3n) is 2.63. The molecule has 0 aliphatic carbocycles. The number of thiazole rings is 1. The lowest BCUT2D eigenvalue weighted by molar-refractivity contribution is 0.529. The second-order valence-electron chi connectivity index (χ2n) is 3.87. The van der Waals surface area contributed by atoms with Crippen LogP contribution in [0.4, 0.5) is 5.69 Å². The third-order valence-corrected chi connectivity index (χ3v) is 3.67. The molecule has 0 fully saturated rings. The Labute approximate surface area is 103 Å². The Morgan fingerprint density at radius 3 is 2.94 bits per heavy atom. The SMILES string of the molecule is CCc1ccc(-c2nc3ccc(N)cc3s2)o1. The van der Waals surface area contributed by atoms with Crippen LogP contribution in [0.3, 0.4) is 0 Å². The van der Waals surface area contributed by atoms with Crippen molar-refractivity contribution in [1.82, 2.24) is 4.98 Å². The third kappa shape index (κ3) is 1.80. The maximum Gasteiger partial charge on any atom is 0.162 e. The largest absolute Gasteiger partial charge is 0.459 e. The molecule has 0 aliphatic heterocycles. The van der Waals surface area contributed by atoms with Crippen LogP contribution in [0.15, 0.2) is 34.7 Å². The van der Waals surface area contributed by atoms with E-state index in [-0.39, 0.29) is 0 Å². The molecule has 86 valence electrons. The van der Waals surface area contributed by atoms with Gasteiger partial charge < -0.3 is 10.2 Å². The molecule has 0 saturated carbocycles. The van der Waals surface area contributed by atoms with Gasteiger partial charge in [0, 0.05) is 12.1 Å². The van der Waals surface area contributed by atoms with Crippen LogP contribution in [-0.2, 0) is 6.42 Å². The zero-order valence-corrected chi connectivity index (χ0v) is 10.3. The first kappa shape index (κ1) is 10.4. The van der Waals surface area contributed by atoms with Crippen molar-refractivity contribution in [1.29, 1.82) is 0 Å². The fourth-order valence-electron chi connectivity index (χ4n) is 1.73. The van der Waals surface area contributed by atoms with Crippen LogP contribution >= 0.6 is 11.3 Å². The molecule has 0 amide bonds. The van der Waals surface area contributed by atoms with E-state index in [2.05, 4.69) is 11.9 Å². The molecule has 2 N–H and O–H groups in total. The van der Waals surface area contributed by atoms with Gasteiger partial charge in [-0.25, -0.2) is 4.98 Å². The maximum atomic E-state index is 5.75. The molecule has 0 spiro atoms. The topological polar surface area (TPSA) is 52.0 Å². The van der Waals surface area contributed by atoms with Gasteiger partial charge in [-0.2, -0.15) is 0 Å². The number of fused-ring (bicyclic) bond motifs is 1. The van der Waals surface area contributed by atoms with E-state index in [0.717, 1.165) is 38.9 Å². The monoisotopic (exact) mass is 244 g/mol. The number of aromatic nitrogens is 1. The molecule has 4 heteroatoms. The summed E-state index contributed by atoms with van der Waals surface area (Å²) in [4.78, 5) is 4.54. The number of nitrogens with two attached hydrogens (primary N) is 1. The van der Waals surface area contributed by atoms with Crippen molar-refractivity contribution >= 4 is 27.2 Å². The van der Waals surface area contributed by atoms with E-state index in [1.807, 2.05) is 30.3 Å². The zero-order chi connectivity index (χ0) is 11.8. The minimum atomic E-state index is 0.765. The highest BCUT2D eigenvalue weighted by molar-refractivity contribution is 7.21. The van der Waals surface area contributed by atoms with E-state index in [1.165, 1.54) is 0 Å². The highest BCUT2D eigenvalue weighted by Crippen LogP contribution is 2.32. The van der Waals surface area contributed by atoms with Gasteiger partial charge in [-0.3, -0.25) is 0 Å². The summed E-state index contributed by atoms with van der Waals surface area (Å²) in [7, 11) is 0. The van der Waals surface area contributed by atoms with Gasteiger partial charge in [-0.15, -0.1) is 11.3 Å². The summed E-state index contributed by atoms with van der Waals surface area (Å²) in [5.74, 6) is 1.82. The van der Waals surface area contributed by atoms with Crippen LogP contribution in [0.2, 0.25) is 0 Å². The number of aryl methyl sites for hydroxylation is 1. The van der Waals surface area contributed by atoms with E-state index < -0.39 is 0 Å². The Kier molecular flexibility index (Phi) is 2.37. The van der Waals surface area contributed by atoms with Gasteiger partial charge in [0.15, 0.2) is 10.8 Å². The number of nitrogens with zero attached hydrogens (tertiary/aromatic N) is 1. The summed E-state index contributed by atoms with van der Waals surface area (Å²) in [6, 6.07) is 9.72. The van der Waals surface area contributed by atoms with Crippen LogP contribution in [0.1, 0.15) is 12.7 Å². The smallest absolute Gasteiger partial charge is 0.162 e. The average Bonchev–Trinajstić information content (AvgIpc) is 2.93.